The second kappa shape index (κ2) is 7.08. The van der Waals surface area contributed by atoms with Crippen molar-refractivity contribution in [1.29, 1.82) is 0 Å². The van der Waals surface area contributed by atoms with Gasteiger partial charge in [-0.15, -0.1) is 0 Å². The van der Waals surface area contributed by atoms with Crippen LogP contribution in [-0.4, -0.2) is 36.3 Å². The van der Waals surface area contributed by atoms with Gasteiger partial charge in [-0.05, 0) is 43.5 Å². The Bertz CT molecular complexity index is 462. The monoisotopic (exact) mass is 274 g/mol. The quantitative estimate of drug-likeness (QED) is 0.838. The number of rotatable bonds is 5. The van der Waals surface area contributed by atoms with Gasteiger partial charge in [-0.3, -0.25) is 9.59 Å². The smallest absolute Gasteiger partial charge is 0.253 e. The second-order valence-electron chi connectivity index (χ2n) is 5.19. The number of carbonyl (C=O) groups excluding carboxylic acids is 2. The highest BCUT2D eigenvalue weighted by Crippen LogP contribution is 2.13. The molecule has 1 saturated heterocycles. The van der Waals surface area contributed by atoms with E-state index < -0.39 is 0 Å². The Kier molecular flexibility index (Phi) is 5.16. The van der Waals surface area contributed by atoms with E-state index in [2.05, 4.69) is 12.2 Å². The Morgan fingerprint density at radius 2 is 1.70 bits per heavy atom. The summed E-state index contributed by atoms with van der Waals surface area (Å²) >= 11 is 0. The first-order valence-corrected chi connectivity index (χ1v) is 7.40. The van der Waals surface area contributed by atoms with Gasteiger partial charge in [0.2, 0.25) is 0 Å². The maximum absolute atomic E-state index is 12.2. The number of carbonyl (C=O) groups is 2. The summed E-state index contributed by atoms with van der Waals surface area (Å²) in [4.78, 5) is 25.9. The van der Waals surface area contributed by atoms with E-state index in [0.29, 0.717) is 17.7 Å². The maximum Gasteiger partial charge on any atom is 0.253 e. The highest BCUT2D eigenvalue weighted by atomic mass is 16.2. The van der Waals surface area contributed by atoms with Gasteiger partial charge in [0.25, 0.3) is 11.8 Å². The molecule has 4 nitrogen and oxygen atoms in total. The molecule has 4 heteroatoms. The first-order chi connectivity index (χ1) is 9.72. The van der Waals surface area contributed by atoms with Crippen LogP contribution in [0.2, 0.25) is 0 Å². The number of hydrogen-bond acceptors (Lipinski definition) is 2. The topological polar surface area (TPSA) is 49.4 Å². The van der Waals surface area contributed by atoms with Crippen LogP contribution in [0.25, 0.3) is 0 Å². The van der Waals surface area contributed by atoms with Crippen LogP contribution in [-0.2, 0) is 0 Å². The largest absolute Gasteiger partial charge is 0.352 e. The summed E-state index contributed by atoms with van der Waals surface area (Å²) in [5, 5.41) is 2.87. The van der Waals surface area contributed by atoms with Gasteiger partial charge in [-0.1, -0.05) is 13.3 Å². The van der Waals surface area contributed by atoms with E-state index in [1.807, 2.05) is 4.90 Å². The number of benzene rings is 1. The number of likely N-dealkylation sites (tertiary alicyclic amines) is 1. The Labute approximate surface area is 120 Å². The van der Waals surface area contributed by atoms with Crippen LogP contribution in [0.1, 0.15) is 53.3 Å². The SMILES string of the molecule is CCCCNC(=O)c1ccc(C(=O)N2CCCC2)cc1. The van der Waals surface area contributed by atoms with Crippen molar-refractivity contribution in [2.24, 2.45) is 0 Å². The highest BCUT2D eigenvalue weighted by Gasteiger charge is 2.19. The molecule has 1 N–H and O–H groups in total. The molecule has 0 bridgehead atoms. The minimum absolute atomic E-state index is 0.0699. The van der Waals surface area contributed by atoms with Crippen molar-refractivity contribution in [3.8, 4) is 0 Å². The third kappa shape index (κ3) is 3.59. The van der Waals surface area contributed by atoms with Crippen LogP contribution in [0.3, 0.4) is 0 Å². The zero-order valence-corrected chi connectivity index (χ0v) is 12.0. The number of hydrogen-bond donors (Lipinski definition) is 1. The van der Waals surface area contributed by atoms with Crippen LogP contribution in [0, 0.1) is 0 Å². The molecule has 0 unspecified atom stereocenters. The number of unbranched alkanes of at least 4 members (excludes halogenated alkanes) is 1. The van der Waals surface area contributed by atoms with Crippen molar-refractivity contribution in [3.63, 3.8) is 0 Å². The molecule has 2 rings (SSSR count). The average molecular weight is 274 g/mol. The summed E-state index contributed by atoms with van der Waals surface area (Å²) in [6.07, 6.45) is 4.22. The molecule has 20 heavy (non-hydrogen) atoms. The molecular weight excluding hydrogens is 252 g/mol. The zero-order chi connectivity index (χ0) is 14.4. The molecule has 108 valence electrons. The van der Waals surface area contributed by atoms with Crippen LogP contribution in [0.5, 0.6) is 0 Å². The number of amides is 2. The van der Waals surface area contributed by atoms with E-state index in [9.17, 15) is 9.59 Å². The summed E-state index contributed by atoms with van der Waals surface area (Å²) in [5.41, 5.74) is 1.27. The van der Waals surface area contributed by atoms with Crippen LogP contribution in [0.4, 0.5) is 0 Å². The van der Waals surface area contributed by atoms with Crippen LogP contribution < -0.4 is 5.32 Å². The van der Waals surface area contributed by atoms with Gasteiger partial charge < -0.3 is 10.2 Å². The number of nitrogens with zero attached hydrogens (tertiary/aromatic N) is 1. The van der Waals surface area contributed by atoms with Crippen molar-refractivity contribution in [3.05, 3.63) is 35.4 Å². The molecule has 1 aliphatic heterocycles. The lowest BCUT2D eigenvalue weighted by Gasteiger charge is -2.15. The van der Waals surface area contributed by atoms with Gasteiger partial charge in [-0.2, -0.15) is 0 Å². The first kappa shape index (κ1) is 14.6. The summed E-state index contributed by atoms with van der Waals surface area (Å²) < 4.78 is 0. The van der Waals surface area contributed by atoms with Crippen molar-refractivity contribution in [2.75, 3.05) is 19.6 Å². The second-order valence-corrected chi connectivity index (χ2v) is 5.19. The van der Waals surface area contributed by atoms with Crippen molar-refractivity contribution >= 4 is 11.8 Å². The lowest BCUT2D eigenvalue weighted by atomic mass is 10.1. The molecule has 0 aromatic heterocycles. The molecule has 2 amide bonds. The minimum Gasteiger partial charge on any atom is -0.352 e. The fourth-order valence-electron chi connectivity index (χ4n) is 2.35. The summed E-state index contributed by atoms with van der Waals surface area (Å²) in [7, 11) is 0. The van der Waals surface area contributed by atoms with Gasteiger partial charge in [-0.25, -0.2) is 0 Å². The molecule has 0 aliphatic carbocycles. The minimum atomic E-state index is -0.0707. The molecule has 1 aliphatic rings. The summed E-state index contributed by atoms with van der Waals surface area (Å²) in [6, 6.07) is 6.94. The van der Waals surface area contributed by atoms with Crippen LogP contribution >= 0.6 is 0 Å². The zero-order valence-electron chi connectivity index (χ0n) is 12.0. The fourth-order valence-corrected chi connectivity index (χ4v) is 2.35. The molecule has 0 saturated carbocycles. The van der Waals surface area contributed by atoms with E-state index in [-0.39, 0.29) is 11.8 Å². The molecule has 1 aromatic rings. The van der Waals surface area contributed by atoms with Gasteiger partial charge in [0.1, 0.15) is 0 Å². The van der Waals surface area contributed by atoms with Crippen LogP contribution in [0.15, 0.2) is 24.3 Å². The normalized spacial score (nSPS) is 14.3. The van der Waals surface area contributed by atoms with Crippen molar-refractivity contribution in [2.45, 2.75) is 32.6 Å². The summed E-state index contributed by atoms with van der Waals surface area (Å²) in [5.74, 6) is -0.000868. The maximum atomic E-state index is 12.2. The van der Waals surface area contributed by atoms with Crippen molar-refractivity contribution in [1.82, 2.24) is 10.2 Å². The van der Waals surface area contributed by atoms with Gasteiger partial charge >= 0.3 is 0 Å². The fraction of sp³-hybridized carbons (Fsp3) is 0.500. The first-order valence-electron chi connectivity index (χ1n) is 7.40. The highest BCUT2D eigenvalue weighted by molar-refractivity contribution is 5.97. The Hall–Kier alpha value is -1.84. The van der Waals surface area contributed by atoms with E-state index >= 15 is 0 Å². The van der Waals surface area contributed by atoms with Gasteiger partial charge in [0.05, 0.1) is 0 Å². The molecule has 1 heterocycles. The summed E-state index contributed by atoms with van der Waals surface area (Å²) in [6.45, 7) is 4.48. The van der Waals surface area contributed by atoms with E-state index in [0.717, 1.165) is 38.8 Å². The molecule has 1 fully saturated rings. The third-order valence-corrected chi connectivity index (χ3v) is 3.60. The lowest BCUT2D eigenvalue weighted by Crippen LogP contribution is -2.28. The van der Waals surface area contributed by atoms with Gasteiger partial charge in [0.15, 0.2) is 0 Å². The predicted octanol–water partition coefficient (Wildman–Crippen LogP) is 2.45. The Balaban J connectivity index is 1.95. The molecule has 1 aromatic carbocycles. The van der Waals surface area contributed by atoms with Crippen molar-refractivity contribution < 1.29 is 9.59 Å². The molecule has 0 radical (unpaired) electrons. The van der Waals surface area contributed by atoms with E-state index in [1.54, 1.807) is 24.3 Å². The predicted molar refractivity (Wildman–Crippen MR) is 78.8 cm³/mol. The molecule has 0 spiro atoms. The van der Waals surface area contributed by atoms with E-state index in [4.69, 9.17) is 0 Å². The van der Waals surface area contributed by atoms with E-state index in [1.165, 1.54) is 0 Å². The Morgan fingerprint density at radius 3 is 2.30 bits per heavy atom. The average Bonchev–Trinajstić information content (AvgIpc) is 3.01. The lowest BCUT2D eigenvalue weighted by molar-refractivity contribution is 0.0792. The standard InChI is InChI=1S/C16H22N2O2/c1-2-3-10-17-15(19)13-6-8-14(9-7-13)16(20)18-11-4-5-12-18/h6-9H,2-5,10-12H2,1H3,(H,17,19). The molecular formula is C16H22N2O2. The van der Waals surface area contributed by atoms with Gasteiger partial charge in [0, 0.05) is 30.8 Å². The molecule has 0 atom stereocenters. The number of nitrogens with one attached hydrogen (secondary N) is 1. The Morgan fingerprint density at radius 1 is 1.10 bits per heavy atom. The third-order valence-electron chi connectivity index (χ3n) is 3.60.